The summed E-state index contributed by atoms with van der Waals surface area (Å²) in [6.45, 7) is 0. The van der Waals surface area contributed by atoms with Crippen LogP contribution in [0.2, 0.25) is 0 Å². The lowest BCUT2D eigenvalue weighted by Crippen LogP contribution is -2.25. The van der Waals surface area contributed by atoms with Crippen LogP contribution in [0.25, 0.3) is 78.7 Å². The van der Waals surface area contributed by atoms with Crippen molar-refractivity contribution in [2.24, 2.45) is 0 Å². The molecule has 0 N–H and O–H groups in total. The smallest absolute Gasteiger partial charge is 0.164 e. The van der Waals surface area contributed by atoms with E-state index in [1.165, 1.54) is 55.6 Å². The Kier molecular flexibility index (Phi) is 7.04. The molecule has 0 aliphatic heterocycles. The minimum atomic E-state index is -0.397. The zero-order valence-corrected chi connectivity index (χ0v) is 29.8. The summed E-state index contributed by atoms with van der Waals surface area (Å²) in [7, 11) is 0. The lowest BCUT2D eigenvalue weighted by atomic mass is 9.70. The van der Waals surface area contributed by atoms with E-state index in [9.17, 15) is 0 Å². The van der Waals surface area contributed by atoms with Gasteiger partial charge in [0.2, 0.25) is 0 Å². The van der Waals surface area contributed by atoms with Crippen molar-refractivity contribution in [1.82, 2.24) is 19.9 Å². The van der Waals surface area contributed by atoms with Crippen molar-refractivity contribution < 1.29 is 0 Å². The van der Waals surface area contributed by atoms with E-state index in [0.717, 1.165) is 27.8 Å². The Morgan fingerprint density at radius 1 is 0.291 bits per heavy atom. The minimum Gasteiger partial charge on any atom is -0.265 e. The van der Waals surface area contributed by atoms with Gasteiger partial charge in [0.1, 0.15) is 0 Å². The van der Waals surface area contributed by atoms with E-state index in [4.69, 9.17) is 15.0 Å². The molecule has 7 aromatic carbocycles. The van der Waals surface area contributed by atoms with Crippen LogP contribution in [-0.2, 0) is 5.41 Å². The molecule has 0 radical (unpaired) electrons. The van der Waals surface area contributed by atoms with Crippen LogP contribution in [0, 0.1) is 0 Å². The monoisotopic (exact) mass is 700 g/mol. The Hall–Kier alpha value is -7.30. The Bertz CT molecular complexity index is 2870. The van der Waals surface area contributed by atoms with E-state index in [1.54, 1.807) is 12.4 Å². The van der Waals surface area contributed by atoms with E-state index in [2.05, 4.69) is 169 Å². The number of benzene rings is 7. The summed E-state index contributed by atoms with van der Waals surface area (Å²) in [5.41, 5.74) is 17.4. The molecule has 0 unspecified atom stereocenters. The third kappa shape index (κ3) is 4.78. The molecule has 4 heteroatoms. The molecule has 256 valence electrons. The van der Waals surface area contributed by atoms with E-state index in [0.29, 0.717) is 17.5 Å². The molecule has 2 aliphatic carbocycles. The first-order valence-corrected chi connectivity index (χ1v) is 18.6. The maximum atomic E-state index is 5.12. The van der Waals surface area contributed by atoms with Crippen molar-refractivity contribution in [2.45, 2.75) is 5.41 Å². The van der Waals surface area contributed by atoms with Crippen molar-refractivity contribution in [2.75, 3.05) is 0 Å². The zero-order valence-electron chi connectivity index (χ0n) is 29.8. The van der Waals surface area contributed by atoms with Gasteiger partial charge in [0.05, 0.1) is 5.41 Å². The second-order valence-electron chi connectivity index (χ2n) is 14.2. The number of hydrogen-bond acceptors (Lipinski definition) is 4. The highest BCUT2D eigenvalue weighted by Gasteiger charge is 2.51. The Labute approximate surface area is 319 Å². The number of nitrogens with zero attached hydrogens (tertiary/aromatic N) is 4. The van der Waals surface area contributed by atoms with E-state index in [1.807, 2.05) is 18.2 Å². The fourth-order valence-corrected chi connectivity index (χ4v) is 8.92. The van der Waals surface area contributed by atoms with E-state index < -0.39 is 5.41 Å². The second-order valence-corrected chi connectivity index (χ2v) is 14.2. The van der Waals surface area contributed by atoms with Crippen molar-refractivity contribution in [3.05, 3.63) is 217 Å². The summed E-state index contributed by atoms with van der Waals surface area (Å²) >= 11 is 0. The first-order valence-electron chi connectivity index (χ1n) is 18.6. The summed E-state index contributed by atoms with van der Waals surface area (Å²) in [5, 5.41) is 0. The summed E-state index contributed by atoms with van der Waals surface area (Å²) < 4.78 is 0. The molecule has 55 heavy (non-hydrogen) atoms. The minimum absolute atomic E-state index is 0.397. The standard InChI is InChI=1S/C51H32N4/c1-2-12-33(13-3-1)34-24-26-35(27-25-34)48-53-49(36-28-30-52-31-29-36)55-50(54-48)38-15-10-14-37(32-38)39-19-11-23-46-47(39)42-18-6-9-22-45(42)51(46)43-20-7-4-16-40(43)41-17-5-8-21-44(41)51/h1-32H. The van der Waals surface area contributed by atoms with Gasteiger partial charge in [-0.05, 0) is 85.0 Å². The molecule has 2 aliphatic rings. The molecule has 2 heterocycles. The second kappa shape index (κ2) is 12.4. The number of hydrogen-bond donors (Lipinski definition) is 0. The Morgan fingerprint density at radius 3 is 1.40 bits per heavy atom. The maximum absolute atomic E-state index is 5.12. The fourth-order valence-electron chi connectivity index (χ4n) is 8.92. The topological polar surface area (TPSA) is 51.6 Å². The van der Waals surface area contributed by atoms with Crippen molar-refractivity contribution in [3.63, 3.8) is 0 Å². The number of fused-ring (bicyclic) bond motifs is 10. The molecule has 0 bridgehead atoms. The van der Waals surface area contributed by atoms with Crippen LogP contribution in [0.4, 0.5) is 0 Å². The van der Waals surface area contributed by atoms with Gasteiger partial charge in [0.15, 0.2) is 17.5 Å². The third-order valence-corrected chi connectivity index (χ3v) is 11.3. The normalized spacial score (nSPS) is 12.9. The molecular formula is C51H32N4. The van der Waals surface area contributed by atoms with Gasteiger partial charge in [0.25, 0.3) is 0 Å². The third-order valence-electron chi connectivity index (χ3n) is 11.3. The molecule has 0 fully saturated rings. The van der Waals surface area contributed by atoms with Crippen LogP contribution in [0.15, 0.2) is 194 Å². The number of pyridine rings is 1. The molecule has 4 nitrogen and oxygen atoms in total. The van der Waals surface area contributed by atoms with Crippen LogP contribution in [0.5, 0.6) is 0 Å². The first kappa shape index (κ1) is 31.2. The lowest BCUT2D eigenvalue weighted by Gasteiger charge is -2.30. The van der Waals surface area contributed by atoms with Gasteiger partial charge in [-0.3, -0.25) is 4.98 Å². The average Bonchev–Trinajstić information content (AvgIpc) is 3.75. The molecule has 11 rings (SSSR count). The average molecular weight is 701 g/mol. The zero-order chi connectivity index (χ0) is 36.3. The predicted molar refractivity (Wildman–Crippen MR) is 221 cm³/mol. The van der Waals surface area contributed by atoms with Gasteiger partial charge in [-0.2, -0.15) is 0 Å². The molecule has 0 amide bonds. The molecule has 0 saturated heterocycles. The molecule has 0 saturated carbocycles. The highest BCUT2D eigenvalue weighted by molar-refractivity contribution is 6.00. The maximum Gasteiger partial charge on any atom is 0.164 e. The van der Waals surface area contributed by atoms with Crippen molar-refractivity contribution in [3.8, 4) is 78.7 Å². The molecule has 9 aromatic rings. The number of aromatic nitrogens is 4. The fraction of sp³-hybridized carbons (Fsp3) is 0.0196. The first-order chi connectivity index (χ1) is 27.3. The SMILES string of the molecule is c1ccc(-c2ccc(-c3nc(-c4ccncc4)nc(-c4cccc(-c5cccc6c5-c5ccccc5C65c6ccccc6-c6ccccc65)c4)n3)cc2)cc1. The van der Waals surface area contributed by atoms with E-state index in [-0.39, 0.29) is 0 Å². The summed E-state index contributed by atoms with van der Waals surface area (Å²) in [6, 6.07) is 65.0. The van der Waals surface area contributed by atoms with Crippen LogP contribution in [-0.4, -0.2) is 19.9 Å². The Morgan fingerprint density at radius 2 is 0.727 bits per heavy atom. The van der Waals surface area contributed by atoms with Crippen molar-refractivity contribution in [1.29, 1.82) is 0 Å². The lowest BCUT2D eigenvalue weighted by molar-refractivity contribution is 0.794. The predicted octanol–water partition coefficient (Wildman–Crippen LogP) is 11.9. The summed E-state index contributed by atoms with van der Waals surface area (Å²) in [6.07, 6.45) is 3.55. The van der Waals surface area contributed by atoms with Gasteiger partial charge in [-0.15, -0.1) is 0 Å². The van der Waals surface area contributed by atoms with Crippen LogP contribution in [0.1, 0.15) is 22.3 Å². The molecule has 0 atom stereocenters. The van der Waals surface area contributed by atoms with Gasteiger partial charge >= 0.3 is 0 Å². The van der Waals surface area contributed by atoms with Crippen LogP contribution < -0.4 is 0 Å². The van der Waals surface area contributed by atoms with E-state index >= 15 is 0 Å². The summed E-state index contributed by atoms with van der Waals surface area (Å²) in [5.74, 6) is 1.85. The molecule has 1 spiro atoms. The van der Waals surface area contributed by atoms with Gasteiger partial charge < -0.3 is 0 Å². The number of rotatable bonds is 5. The van der Waals surface area contributed by atoms with Crippen LogP contribution >= 0.6 is 0 Å². The van der Waals surface area contributed by atoms with Crippen molar-refractivity contribution >= 4 is 0 Å². The highest BCUT2D eigenvalue weighted by atomic mass is 15.0. The quantitative estimate of drug-likeness (QED) is 0.179. The van der Waals surface area contributed by atoms with Gasteiger partial charge in [0, 0.05) is 29.1 Å². The molecular weight excluding hydrogens is 669 g/mol. The van der Waals surface area contributed by atoms with Crippen LogP contribution in [0.3, 0.4) is 0 Å². The van der Waals surface area contributed by atoms with Gasteiger partial charge in [-0.1, -0.05) is 164 Å². The largest absolute Gasteiger partial charge is 0.265 e. The Balaban J connectivity index is 1.07. The molecule has 2 aromatic heterocycles. The highest BCUT2D eigenvalue weighted by Crippen LogP contribution is 2.63. The van der Waals surface area contributed by atoms with Gasteiger partial charge in [-0.25, -0.2) is 15.0 Å². The summed E-state index contributed by atoms with van der Waals surface area (Å²) in [4.78, 5) is 19.4.